The number of ether oxygens (including phenoxy) is 3. The van der Waals surface area contributed by atoms with Crippen molar-refractivity contribution in [3.05, 3.63) is 0 Å². The SMILES string of the molecule is C[C@@H](O)[C@@H]1NC(=O)OCOC(=O)O[C@H](C)[C@@H](C(N)=O)NC(=O)[C@@H]2CCCN2C(=O)[C@@H]2CCCN2C1=O. The molecule has 0 aromatic carbocycles. The third-order valence-electron chi connectivity index (χ3n) is 6.40. The Labute approximate surface area is 206 Å². The zero-order valence-corrected chi connectivity index (χ0v) is 20.0. The summed E-state index contributed by atoms with van der Waals surface area (Å²) in [6.45, 7) is 2.13. The van der Waals surface area contributed by atoms with Crippen LogP contribution in [0.25, 0.3) is 0 Å². The molecule has 0 radical (unpaired) electrons. The van der Waals surface area contributed by atoms with Crippen molar-refractivity contribution < 1.29 is 48.1 Å². The van der Waals surface area contributed by atoms with Gasteiger partial charge in [-0.3, -0.25) is 19.2 Å². The highest BCUT2D eigenvalue weighted by molar-refractivity contribution is 5.96. The van der Waals surface area contributed by atoms with Crippen molar-refractivity contribution in [3.8, 4) is 0 Å². The van der Waals surface area contributed by atoms with Crippen LogP contribution in [-0.4, -0.2) is 107 Å². The first-order chi connectivity index (χ1) is 17.0. The number of fused-ring (bicyclic) bond motifs is 2. The molecule has 0 aliphatic carbocycles. The fourth-order valence-corrected chi connectivity index (χ4v) is 4.57. The summed E-state index contributed by atoms with van der Waals surface area (Å²) in [5.41, 5.74) is 5.38. The van der Waals surface area contributed by atoms with Gasteiger partial charge in [-0.2, -0.15) is 0 Å². The Morgan fingerprint density at radius 2 is 1.61 bits per heavy atom. The third kappa shape index (κ3) is 5.95. The van der Waals surface area contributed by atoms with Gasteiger partial charge in [0.25, 0.3) is 0 Å². The molecule has 3 heterocycles. The van der Waals surface area contributed by atoms with E-state index in [-0.39, 0.29) is 13.1 Å². The number of primary amides is 1. The highest BCUT2D eigenvalue weighted by atomic mass is 16.8. The average molecular weight is 514 g/mol. The third-order valence-corrected chi connectivity index (χ3v) is 6.40. The molecule has 3 rings (SSSR count). The molecule has 36 heavy (non-hydrogen) atoms. The minimum absolute atomic E-state index is 0.204. The first-order valence-electron chi connectivity index (χ1n) is 11.7. The maximum Gasteiger partial charge on any atom is 0.511 e. The predicted molar refractivity (Wildman–Crippen MR) is 118 cm³/mol. The quantitative estimate of drug-likeness (QED) is 0.297. The average Bonchev–Trinajstić information content (AvgIpc) is 3.49. The van der Waals surface area contributed by atoms with Gasteiger partial charge in [-0.1, -0.05) is 0 Å². The Kier molecular flexibility index (Phi) is 8.55. The standard InChI is InChI=1S/C21H31N5O10/c1-10(27)14-19(31)26-8-4-6-13(26)18(30)25-7-3-5-12(25)17(29)23-15(16(22)28)11(2)36-21(33)35-9-34-20(32)24-14/h10-15,27H,3-9H2,1-2H3,(H2,22,28)(H,23,29)(H,24,32)/t10-,11-,12+,13+,14+,15+/m1/s1. The molecule has 3 aliphatic rings. The van der Waals surface area contributed by atoms with Gasteiger partial charge in [0.15, 0.2) is 0 Å². The lowest BCUT2D eigenvalue weighted by molar-refractivity contribution is -0.149. The first-order valence-corrected chi connectivity index (χ1v) is 11.7. The summed E-state index contributed by atoms with van der Waals surface area (Å²) in [4.78, 5) is 78.4. The molecule has 0 unspecified atom stereocenters. The Morgan fingerprint density at radius 3 is 2.22 bits per heavy atom. The van der Waals surface area contributed by atoms with Crippen molar-refractivity contribution in [1.29, 1.82) is 0 Å². The topological polar surface area (TPSA) is 207 Å². The van der Waals surface area contributed by atoms with Gasteiger partial charge in [-0.25, -0.2) is 9.59 Å². The van der Waals surface area contributed by atoms with E-state index in [0.717, 1.165) is 0 Å². The van der Waals surface area contributed by atoms with Crippen LogP contribution in [0.4, 0.5) is 9.59 Å². The van der Waals surface area contributed by atoms with Crippen LogP contribution in [0.3, 0.4) is 0 Å². The van der Waals surface area contributed by atoms with Crippen LogP contribution in [0.1, 0.15) is 39.5 Å². The minimum atomic E-state index is -1.44. The summed E-state index contributed by atoms with van der Waals surface area (Å²) < 4.78 is 14.3. The smallest absolute Gasteiger partial charge is 0.428 e. The van der Waals surface area contributed by atoms with Gasteiger partial charge in [0.1, 0.15) is 30.3 Å². The molecule has 0 aromatic rings. The van der Waals surface area contributed by atoms with E-state index in [1.54, 1.807) is 0 Å². The largest absolute Gasteiger partial charge is 0.511 e. The number of hydrogen-bond donors (Lipinski definition) is 4. The van der Waals surface area contributed by atoms with Crippen molar-refractivity contribution in [1.82, 2.24) is 20.4 Å². The minimum Gasteiger partial charge on any atom is -0.428 e. The van der Waals surface area contributed by atoms with Crippen LogP contribution >= 0.6 is 0 Å². The molecule has 0 bridgehead atoms. The normalized spacial score (nSPS) is 31.5. The number of carbonyl (C=O) groups is 6. The van der Waals surface area contributed by atoms with Gasteiger partial charge in [0.2, 0.25) is 30.4 Å². The maximum atomic E-state index is 13.5. The molecule has 5 N–H and O–H groups in total. The zero-order valence-electron chi connectivity index (χ0n) is 20.0. The zero-order chi connectivity index (χ0) is 26.6. The Morgan fingerprint density at radius 1 is 1.00 bits per heavy atom. The van der Waals surface area contributed by atoms with E-state index in [1.807, 2.05) is 0 Å². The van der Waals surface area contributed by atoms with Gasteiger partial charge < -0.3 is 45.5 Å². The van der Waals surface area contributed by atoms with Crippen LogP contribution in [-0.2, 0) is 33.4 Å². The molecular formula is C21H31N5O10. The number of rotatable bonds is 2. The summed E-state index contributed by atoms with van der Waals surface area (Å²) in [5, 5.41) is 14.8. The second kappa shape index (κ2) is 11.4. The first kappa shape index (κ1) is 27.0. The van der Waals surface area contributed by atoms with Crippen molar-refractivity contribution in [2.45, 2.75) is 75.9 Å². The van der Waals surface area contributed by atoms with Gasteiger partial charge in [0, 0.05) is 13.1 Å². The monoisotopic (exact) mass is 513 g/mol. The fourth-order valence-electron chi connectivity index (χ4n) is 4.57. The summed E-state index contributed by atoms with van der Waals surface area (Å²) in [7, 11) is 0. The lowest BCUT2D eigenvalue weighted by atomic mass is 10.1. The van der Waals surface area contributed by atoms with E-state index in [0.29, 0.717) is 25.7 Å². The molecule has 6 atom stereocenters. The van der Waals surface area contributed by atoms with Crippen molar-refractivity contribution in [2.24, 2.45) is 5.73 Å². The fraction of sp³-hybridized carbons (Fsp3) is 0.714. The highest BCUT2D eigenvalue weighted by Crippen LogP contribution is 2.26. The molecule has 0 aromatic heterocycles. The van der Waals surface area contributed by atoms with E-state index in [4.69, 9.17) is 15.2 Å². The number of nitrogens with two attached hydrogens (primary N) is 1. The van der Waals surface area contributed by atoms with Gasteiger partial charge >= 0.3 is 12.2 Å². The highest BCUT2D eigenvalue weighted by Gasteiger charge is 2.45. The Bertz CT molecular complexity index is 912. The summed E-state index contributed by atoms with van der Waals surface area (Å²) in [6, 6.07) is -4.71. The Hall–Kier alpha value is -3.62. The summed E-state index contributed by atoms with van der Waals surface area (Å²) in [5.74, 6) is -2.82. The van der Waals surface area contributed by atoms with Crippen molar-refractivity contribution in [3.63, 3.8) is 0 Å². The molecule has 15 heteroatoms. The number of nitrogens with zero attached hydrogens (tertiary/aromatic N) is 2. The number of hydrogen-bond acceptors (Lipinski definition) is 10. The molecule has 3 saturated heterocycles. The lowest BCUT2D eigenvalue weighted by Crippen LogP contribution is -2.60. The number of nitrogens with one attached hydrogen (secondary N) is 2. The van der Waals surface area contributed by atoms with Gasteiger partial charge in [-0.15, -0.1) is 0 Å². The second-order valence-corrected chi connectivity index (χ2v) is 8.90. The molecule has 0 spiro atoms. The van der Waals surface area contributed by atoms with E-state index in [2.05, 4.69) is 15.4 Å². The number of amides is 5. The van der Waals surface area contributed by atoms with Gasteiger partial charge in [-0.05, 0) is 39.5 Å². The molecule has 0 saturated carbocycles. The predicted octanol–water partition coefficient (Wildman–Crippen LogP) is -2.07. The van der Waals surface area contributed by atoms with E-state index >= 15 is 0 Å². The van der Waals surface area contributed by atoms with Crippen molar-refractivity contribution in [2.75, 3.05) is 19.9 Å². The number of alkyl carbamates (subject to hydrolysis) is 1. The van der Waals surface area contributed by atoms with Crippen LogP contribution in [0.5, 0.6) is 0 Å². The molecule has 15 nitrogen and oxygen atoms in total. The molecule has 5 amide bonds. The van der Waals surface area contributed by atoms with Crippen LogP contribution in [0, 0.1) is 0 Å². The van der Waals surface area contributed by atoms with E-state index in [1.165, 1.54) is 23.6 Å². The summed E-state index contributed by atoms with van der Waals surface area (Å²) >= 11 is 0. The molecule has 200 valence electrons. The number of cyclic esters (lactones) is 3. The van der Waals surface area contributed by atoms with Gasteiger partial charge in [0.05, 0.1) is 6.10 Å². The number of aliphatic hydroxyl groups is 1. The van der Waals surface area contributed by atoms with Crippen LogP contribution in [0.2, 0.25) is 0 Å². The number of aliphatic hydroxyl groups excluding tert-OH is 1. The molecule has 3 aliphatic heterocycles. The van der Waals surface area contributed by atoms with E-state index < -0.39 is 79.0 Å². The maximum absolute atomic E-state index is 13.5. The lowest BCUT2D eigenvalue weighted by Gasteiger charge is -2.34. The number of carbonyl (C=O) groups excluding carboxylic acids is 6. The van der Waals surface area contributed by atoms with Crippen LogP contribution < -0.4 is 16.4 Å². The summed E-state index contributed by atoms with van der Waals surface area (Å²) in [6.07, 6.45) is -3.43. The van der Waals surface area contributed by atoms with Crippen molar-refractivity contribution >= 4 is 35.9 Å². The van der Waals surface area contributed by atoms with Crippen LogP contribution in [0.15, 0.2) is 0 Å². The van der Waals surface area contributed by atoms with E-state index in [9.17, 15) is 33.9 Å². The molecular weight excluding hydrogens is 482 g/mol. The molecule has 3 fully saturated rings. The second-order valence-electron chi connectivity index (χ2n) is 8.90. The Balaban J connectivity index is 1.91.